The van der Waals surface area contributed by atoms with Crippen LogP contribution < -0.4 is 4.74 Å². The molecule has 0 amide bonds. The zero-order valence-corrected chi connectivity index (χ0v) is 17.5. The molecule has 1 aliphatic heterocycles. The lowest BCUT2D eigenvalue weighted by atomic mass is 9.71. The maximum atomic E-state index is 5.60. The van der Waals surface area contributed by atoms with Crippen LogP contribution in [-0.2, 0) is 10.2 Å². The van der Waals surface area contributed by atoms with Gasteiger partial charge in [-0.15, -0.1) is 0 Å². The number of rotatable bonds is 4. The number of methoxy groups -OCH3 is 2. The largest absolute Gasteiger partial charge is 0.497 e. The highest BCUT2D eigenvalue weighted by molar-refractivity contribution is 6.60. The van der Waals surface area contributed by atoms with E-state index in [-0.39, 0.29) is 5.41 Å². The molecule has 29 heavy (non-hydrogen) atoms. The number of ether oxygens (including phenoxy) is 2. The Morgan fingerprint density at radius 1 is 0.759 bits per heavy atom. The van der Waals surface area contributed by atoms with Crippen LogP contribution in [0.15, 0.2) is 95.9 Å². The second-order valence-electron chi connectivity index (χ2n) is 7.22. The molecule has 0 bridgehead atoms. The summed E-state index contributed by atoms with van der Waals surface area (Å²) >= 11 is 0. The number of benzene rings is 3. The van der Waals surface area contributed by atoms with Gasteiger partial charge in [0.25, 0.3) is 0 Å². The molecule has 0 saturated heterocycles. The lowest BCUT2D eigenvalue weighted by Gasteiger charge is -2.35. The van der Waals surface area contributed by atoms with Gasteiger partial charge in [-0.3, -0.25) is 0 Å². The number of hydrogen-bond acceptors (Lipinski definition) is 2. The SMILES string of the molecule is COC1=CC2=C([Si]=C1)C(c1ccccc1)(c1ccccc1)c1ccc(OC)cc12. The van der Waals surface area contributed by atoms with E-state index in [4.69, 9.17) is 9.47 Å². The molecule has 1 radical (unpaired) electrons. The Hall–Kier alpha value is -3.17. The lowest BCUT2D eigenvalue weighted by Crippen LogP contribution is -2.31. The summed E-state index contributed by atoms with van der Waals surface area (Å²) in [6, 6.07) is 28.2. The van der Waals surface area contributed by atoms with Gasteiger partial charge in [0.2, 0.25) is 0 Å². The van der Waals surface area contributed by atoms with Gasteiger partial charge in [-0.25, -0.2) is 0 Å². The van der Waals surface area contributed by atoms with E-state index >= 15 is 0 Å². The summed E-state index contributed by atoms with van der Waals surface area (Å²) in [6.45, 7) is 0. The van der Waals surface area contributed by atoms with E-state index in [0.29, 0.717) is 9.13 Å². The van der Waals surface area contributed by atoms with E-state index in [0.717, 1.165) is 11.5 Å². The first-order valence-corrected chi connectivity index (χ1v) is 10.8. The third-order valence-corrected chi connectivity index (χ3v) is 7.22. The highest BCUT2D eigenvalue weighted by Crippen LogP contribution is 2.55. The van der Waals surface area contributed by atoms with Crippen LogP contribution in [-0.4, -0.2) is 29.0 Å². The van der Waals surface area contributed by atoms with Crippen molar-refractivity contribution in [2.75, 3.05) is 14.2 Å². The van der Waals surface area contributed by atoms with Gasteiger partial charge in [0.05, 0.1) is 28.8 Å². The average Bonchev–Trinajstić information content (AvgIpc) is 3.10. The normalized spacial score (nSPS) is 16.1. The fraction of sp³-hybridized carbons (Fsp3) is 0.115. The summed E-state index contributed by atoms with van der Waals surface area (Å²) in [5.74, 6) is 1.80. The lowest BCUT2D eigenvalue weighted by molar-refractivity contribution is 0.318. The van der Waals surface area contributed by atoms with Crippen molar-refractivity contribution in [1.82, 2.24) is 0 Å². The van der Waals surface area contributed by atoms with Crippen molar-refractivity contribution in [2.45, 2.75) is 5.41 Å². The number of fused-ring (bicyclic) bond motifs is 2. The molecule has 0 atom stereocenters. The minimum atomic E-state index is -0.315. The van der Waals surface area contributed by atoms with Crippen molar-refractivity contribution in [2.24, 2.45) is 0 Å². The van der Waals surface area contributed by atoms with Crippen LogP contribution in [0.3, 0.4) is 0 Å². The van der Waals surface area contributed by atoms with Crippen molar-refractivity contribution in [3.8, 4) is 5.75 Å². The molecule has 3 aromatic carbocycles. The number of hydrogen-bond donors (Lipinski definition) is 0. The van der Waals surface area contributed by atoms with Crippen LogP contribution >= 0.6 is 0 Å². The maximum absolute atomic E-state index is 5.60. The van der Waals surface area contributed by atoms with Crippen molar-refractivity contribution in [3.05, 3.63) is 118 Å². The number of allylic oxidation sites excluding steroid dienone is 4. The molecule has 0 saturated carbocycles. The summed E-state index contributed by atoms with van der Waals surface area (Å²) in [5.41, 5.74) is 8.25. The van der Waals surface area contributed by atoms with Crippen molar-refractivity contribution >= 4 is 20.4 Å². The molecule has 0 spiro atoms. The fourth-order valence-corrected chi connectivity index (χ4v) is 6.09. The minimum Gasteiger partial charge on any atom is -0.497 e. The molecule has 3 heteroatoms. The van der Waals surface area contributed by atoms with Gasteiger partial charge < -0.3 is 9.47 Å². The maximum Gasteiger partial charge on any atom is 0.119 e. The summed E-state index contributed by atoms with van der Waals surface area (Å²) < 4.78 is 11.2. The second kappa shape index (κ2) is 7.01. The van der Waals surface area contributed by atoms with E-state index < -0.39 is 0 Å². The molecule has 0 fully saturated rings. The first-order valence-electron chi connectivity index (χ1n) is 9.69. The Morgan fingerprint density at radius 2 is 1.41 bits per heavy atom. The third-order valence-electron chi connectivity index (χ3n) is 5.86. The molecular formula is C26H21O2Si. The van der Waals surface area contributed by atoms with Crippen LogP contribution in [0.25, 0.3) is 5.57 Å². The van der Waals surface area contributed by atoms with Gasteiger partial charge in [-0.2, -0.15) is 0 Å². The van der Waals surface area contributed by atoms with Gasteiger partial charge in [-0.05, 0) is 56.9 Å². The summed E-state index contributed by atoms with van der Waals surface area (Å²) in [6.07, 6.45) is 2.18. The predicted molar refractivity (Wildman–Crippen MR) is 120 cm³/mol. The smallest absolute Gasteiger partial charge is 0.119 e. The van der Waals surface area contributed by atoms with E-state index in [1.807, 2.05) is 0 Å². The van der Waals surface area contributed by atoms with Crippen LogP contribution in [0.4, 0.5) is 0 Å². The van der Waals surface area contributed by atoms with Gasteiger partial charge in [0.1, 0.15) is 11.5 Å². The zero-order valence-electron chi connectivity index (χ0n) is 16.5. The molecule has 1 heterocycles. The summed E-state index contributed by atoms with van der Waals surface area (Å²) in [4.78, 5) is 0. The molecule has 141 valence electrons. The van der Waals surface area contributed by atoms with Gasteiger partial charge in [0.15, 0.2) is 0 Å². The second-order valence-corrected chi connectivity index (χ2v) is 8.30. The summed E-state index contributed by atoms with van der Waals surface area (Å²) in [7, 11) is 4.00. The Kier molecular flexibility index (Phi) is 4.33. The molecular weight excluding hydrogens is 372 g/mol. The van der Waals surface area contributed by atoms with Crippen LogP contribution in [0, 0.1) is 0 Å². The standard InChI is InChI=1S/C26H21O2Si/c1-27-20-13-14-24-22(15-20)23-16-21(28-2)17-29-25(23)26(24,18-9-5-3-6-10-18)19-11-7-4-8-12-19/h3-17H,1-2H3. The third kappa shape index (κ3) is 2.58. The van der Waals surface area contributed by atoms with Gasteiger partial charge >= 0.3 is 0 Å². The minimum absolute atomic E-state index is 0.315. The fourth-order valence-electron chi connectivity index (χ4n) is 4.60. The Morgan fingerprint density at radius 3 is 2.00 bits per heavy atom. The Labute approximate surface area is 173 Å². The van der Waals surface area contributed by atoms with Crippen LogP contribution in [0.5, 0.6) is 5.75 Å². The first-order chi connectivity index (χ1) is 14.3. The molecule has 5 rings (SSSR count). The van der Waals surface area contributed by atoms with E-state index in [9.17, 15) is 0 Å². The zero-order chi connectivity index (χ0) is 19.8. The Balaban J connectivity index is 1.92. The molecule has 0 unspecified atom stereocenters. The molecule has 0 N–H and O–H groups in total. The van der Waals surface area contributed by atoms with Gasteiger partial charge in [0, 0.05) is 0 Å². The molecule has 3 aromatic rings. The average molecular weight is 394 g/mol. The first kappa shape index (κ1) is 17.9. The topological polar surface area (TPSA) is 18.5 Å². The van der Waals surface area contributed by atoms with Crippen LogP contribution in [0.2, 0.25) is 0 Å². The van der Waals surface area contributed by atoms with Gasteiger partial charge in [-0.1, -0.05) is 66.7 Å². The highest BCUT2D eigenvalue weighted by atomic mass is 28.2. The Bertz CT molecular complexity index is 1120. The van der Waals surface area contributed by atoms with Crippen molar-refractivity contribution in [3.63, 3.8) is 0 Å². The van der Waals surface area contributed by atoms with E-state index in [1.165, 1.54) is 33.0 Å². The molecule has 1 aliphatic carbocycles. The van der Waals surface area contributed by atoms with Crippen molar-refractivity contribution < 1.29 is 9.47 Å². The van der Waals surface area contributed by atoms with Crippen molar-refractivity contribution in [1.29, 1.82) is 0 Å². The molecule has 0 aromatic heterocycles. The van der Waals surface area contributed by atoms with Crippen LogP contribution in [0.1, 0.15) is 22.3 Å². The van der Waals surface area contributed by atoms with E-state index in [1.54, 1.807) is 14.2 Å². The summed E-state index contributed by atoms with van der Waals surface area (Å²) in [5, 5.41) is 1.42. The molecule has 2 nitrogen and oxygen atoms in total. The predicted octanol–water partition coefficient (Wildman–Crippen LogP) is 4.80. The van der Waals surface area contributed by atoms with E-state index in [2.05, 4.69) is 90.6 Å². The highest BCUT2D eigenvalue weighted by Gasteiger charge is 2.47. The monoisotopic (exact) mass is 393 g/mol. The molecule has 2 aliphatic rings. The quantitative estimate of drug-likeness (QED) is 0.593.